The van der Waals surface area contributed by atoms with Crippen molar-refractivity contribution >= 4 is 17.7 Å². The molecule has 2 N–H and O–H groups in total. The summed E-state index contributed by atoms with van der Waals surface area (Å²) in [5.74, 6) is -0.860. The first-order chi connectivity index (χ1) is 15.8. The molecule has 2 aliphatic rings. The first-order valence-corrected chi connectivity index (χ1v) is 11.8. The molecule has 1 aliphatic heterocycles. The van der Waals surface area contributed by atoms with Crippen molar-refractivity contribution in [2.45, 2.75) is 71.0 Å². The van der Waals surface area contributed by atoms with E-state index < -0.39 is 5.54 Å². The zero-order valence-electron chi connectivity index (χ0n) is 19.7. The van der Waals surface area contributed by atoms with Gasteiger partial charge in [0.1, 0.15) is 11.2 Å². The molecule has 1 unspecified atom stereocenters. The van der Waals surface area contributed by atoms with Gasteiger partial charge in [0, 0.05) is 19.1 Å². The Hall–Kier alpha value is -3.16. The highest BCUT2D eigenvalue weighted by atomic mass is 16.2. The van der Waals surface area contributed by atoms with Crippen LogP contribution in [0, 0.1) is 6.92 Å². The number of aromatic nitrogens is 2. The smallest absolute Gasteiger partial charge is 0.273 e. The number of rotatable bonds is 7. The Kier molecular flexibility index (Phi) is 6.54. The number of nitrogens with zero attached hydrogens (tertiary/aromatic N) is 3. The maximum Gasteiger partial charge on any atom is 0.273 e. The predicted octanol–water partition coefficient (Wildman–Crippen LogP) is 2.46. The summed E-state index contributed by atoms with van der Waals surface area (Å²) in [5.41, 5.74) is 1.65. The number of nitrogens with one attached hydrogen (secondary N) is 2. The van der Waals surface area contributed by atoms with Crippen molar-refractivity contribution in [2.75, 3.05) is 13.1 Å². The number of hydrogen-bond donors (Lipinski definition) is 2. The normalized spacial score (nSPS) is 20.6. The number of aryl methyl sites for hydroxylation is 1. The molecule has 1 saturated carbocycles. The first kappa shape index (κ1) is 23.0. The fraction of sp³-hybridized carbons (Fsp3) is 0.520. The summed E-state index contributed by atoms with van der Waals surface area (Å²) < 4.78 is 1.65. The molecule has 1 atom stereocenters. The molecule has 1 aliphatic carbocycles. The van der Waals surface area contributed by atoms with Gasteiger partial charge < -0.3 is 20.1 Å². The number of carbonyl (C=O) groups excluding carboxylic acids is 3. The van der Waals surface area contributed by atoms with Gasteiger partial charge in [0.2, 0.25) is 5.91 Å². The maximum atomic E-state index is 13.4. The summed E-state index contributed by atoms with van der Waals surface area (Å²) >= 11 is 0. The Balaban J connectivity index is 1.48. The van der Waals surface area contributed by atoms with Gasteiger partial charge in [-0.3, -0.25) is 14.4 Å². The van der Waals surface area contributed by atoms with E-state index in [-0.39, 0.29) is 41.7 Å². The highest BCUT2D eigenvalue weighted by molar-refractivity contribution is 6.07. The Morgan fingerprint density at radius 3 is 2.55 bits per heavy atom. The fourth-order valence-electron chi connectivity index (χ4n) is 4.92. The van der Waals surface area contributed by atoms with E-state index in [0.29, 0.717) is 19.5 Å². The van der Waals surface area contributed by atoms with Crippen LogP contribution in [0.3, 0.4) is 0 Å². The van der Waals surface area contributed by atoms with Gasteiger partial charge in [-0.05, 0) is 45.6 Å². The van der Waals surface area contributed by atoms with Gasteiger partial charge in [-0.2, -0.15) is 0 Å². The van der Waals surface area contributed by atoms with E-state index in [1.807, 2.05) is 38.1 Å². The average molecular weight is 452 g/mol. The van der Waals surface area contributed by atoms with Crippen molar-refractivity contribution in [2.24, 2.45) is 0 Å². The molecule has 33 heavy (non-hydrogen) atoms. The van der Waals surface area contributed by atoms with Gasteiger partial charge in [-0.25, -0.2) is 4.98 Å². The molecule has 2 aromatic rings. The molecule has 176 valence electrons. The van der Waals surface area contributed by atoms with Crippen LogP contribution in [0.25, 0.3) is 0 Å². The largest absolute Gasteiger partial charge is 0.351 e. The molecular formula is C25H33N5O3. The number of fused-ring (bicyclic) bond motifs is 1. The Morgan fingerprint density at radius 2 is 1.88 bits per heavy atom. The minimum atomic E-state index is -1.03. The van der Waals surface area contributed by atoms with E-state index in [9.17, 15) is 14.4 Å². The fourth-order valence-corrected chi connectivity index (χ4v) is 4.92. The molecule has 8 nitrogen and oxygen atoms in total. The van der Waals surface area contributed by atoms with Crippen LogP contribution in [0.2, 0.25) is 0 Å². The molecule has 1 fully saturated rings. The van der Waals surface area contributed by atoms with Gasteiger partial charge in [0.15, 0.2) is 5.69 Å². The first-order valence-electron chi connectivity index (χ1n) is 11.8. The third-order valence-corrected chi connectivity index (χ3v) is 6.89. The number of likely N-dealkylation sites (N-methyl/N-ethyl adjacent to an activating group) is 1. The van der Waals surface area contributed by atoms with Crippen molar-refractivity contribution in [3.05, 3.63) is 53.1 Å². The lowest BCUT2D eigenvalue weighted by Crippen LogP contribution is -2.64. The van der Waals surface area contributed by atoms with Crippen molar-refractivity contribution in [1.82, 2.24) is 25.1 Å². The van der Waals surface area contributed by atoms with Crippen LogP contribution in [0.5, 0.6) is 0 Å². The summed E-state index contributed by atoms with van der Waals surface area (Å²) in [4.78, 5) is 45.3. The highest BCUT2D eigenvalue weighted by Gasteiger charge is 2.48. The molecule has 1 aromatic carbocycles. The Bertz CT molecular complexity index is 1040. The molecule has 0 bridgehead atoms. The average Bonchev–Trinajstić information content (AvgIpc) is 3.45. The Labute approximate surface area is 194 Å². The second-order valence-electron chi connectivity index (χ2n) is 9.34. The third kappa shape index (κ3) is 4.51. The van der Waals surface area contributed by atoms with E-state index in [1.54, 1.807) is 16.4 Å². The van der Waals surface area contributed by atoms with Gasteiger partial charge >= 0.3 is 0 Å². The molecule has 1 aromatic heterocycles. The number of carbonyl (C=O) groups is 3. The molecular weight excluding hydrogens is 418 g/mol. The van der Waals surface area contributed by atoms with Gasteiger partial charge in [-0.15, -0.1) is 0 Å². The lowest BCUT2D eigenvalue weighted by molar-refractivity contribution is -0.133. The minimum Gasteiger partial charge on any atom is -0.351 e. The van der Waals surface area contributed by atoms with E-state index in [4.69, 9.17) is 0 Å². The summed E-state index contributed by atoms with van der Waals surface area (Å²) in [6.45, 7) is 6.77. The SMILES string of the molecule is CCN1C(=O)c2c(C(=O)NCCc3ccc(C)cc3)ncn2CC1(C)C(=O)NC1CCCC1. The maximum absolute atomic E-state index is 13.4. The Morgan fingerprint density at radius 1 is 1.18 bits per heavy atom. The van der Waals surface area contributed by atoms with Crippen LogP contribution in [0.15, 0.2) is 30.6 Å². The topological polar surface area (TPSA) is 96.3 Å². The lowest BCUT2D eigenvalue weighted by Gasteiger charge is -2.43. The van der Waals surface area contributed by atoms with Crippen molar-refractivity contribution in [3.8, 4) is 0 Å². The second kappa shape index (κ2) is 9.37. The van der Waals surface area contributed by atoms with E-state index in [1.165, 1.54) is 11.9 Å². The van der Waals surface area contributed by atoms with Crippen molar-refractivity contribution in [1.29, 1.82) is 0 Å². The third-order valence-electron chi connectivity index (χ3n) is 6.89. The van der Waals surface area contributed by atoms with Crippen molar-refractivity contribution < 1.29 is 14.4 Å². The molecule has 2 heterocycles. The molecule has 8 heteroatoms. The summed E-state index contributed by atoms with van der Waals surface area (Å²) in [6, 6.07) is 8.34. The highest BCUT2D eigenvalue weighted by Crippen LogP contribution is 2.29. The van der Waals surface area contributed by atoms with Crippen LogP contribution in [0.4, 0.5) is 0 Å². The zero-order valence-corrected chi connectivity index (χ0v) is 19.7. The summed E-state index contributed by atoms with van der Waals surface area (Å²) in [6.07, 6.45) is 6.38. The van der Waals surface area contributed by atoms with Gasteiger partial charge in [0.05, 0.1) is 12.9 Å². The zero-order chi connectivity index (χ0) is 23.6. The van der Waals surface area contributed by atoms with Crippen LogP contribution in [-0.4, -0.2) is 56.8 Å². The predicted molar refractivity (Wildman–Crippen MR) is 125 cm³/mol. The van der Waals surface area contributed by atoms with E-state index >= 15 is 0 Å². The number of benzene rings is 1. The number of imidazole rings is 1. The second-order valence-corrected chi connectivity index (χ2v) is 9.34. The standard InChI is InChI=1S/C25H33N5O3/c1-4-30-23(32)21-20(22(31)26-14-13-18-11-9-17(2)10-12-18)27-16-29(21)15-25(30,3)24(33)28-19-7-5-6-8-19/h9-12,16,19H,4-8,13-15H2,1-3H3,(H,26,31)(H,28,33). The van der Waals surface area contributed by atoms with Crippen LogP contribution in [-0.2, 0) is 17.8 Å². The summed E-state index contributed by atoms with van der Waals surface area (Å²) in [5, 5.41) is 6.01. The number of amides is 3. The van der Waals surface area contributed by atoms with Crippen LogP contribution < -0.4 is 10.6 Å². The minimum absolute atomic E-state index is 0.112. The van der Waals surface area contributed by atoms with Crippen molar-refractivity contribution in [3.63, 3.8) is 0 Å². The monoisotopic (exact) mass is 451 g/mol. The number of hydrogen-bond acceptors (Lipinski definition) is 4. The van der Waals surface area contributed by atoms with Gasteiger partial charge in [0.25, 0.3) is 11.8 Å². The molecule has 3 amide bonds. The van der Waals surface area contributed by atoms with Gasteiger partial charge in [-0.1, -0.05) is 42.7 Å². The summed E-state index contributed by atoms with van der Waals surface area (Å²) in [7, 11) is 0. The molecule has 0 radical (unpaired) electrons. The van der Waals surface area contributed by atoms with Crippen LogP contribution >= 0.6 is 0 Å². The molecule has 4 rings (SSSR count). The lowest BCUT2D eigenvalue weighted by atomic mass is 9.94. The van der Waals surface area contributed by atoms with E-state index in [0.717, 1.165) is 31.2 Å². The molecule has 0 saturated heterocycles. The molecule has 0 spiro atoms. The van der Waals surface area contributed by atoms with E-state index in [2.05, 4.69) is 15.6 Å². The van der Waals surface area contributed by atoms with Crippen LogP contribution in [0.1, 0.15) is 71.6 Å². The quantitative estimate of drug-likeness (QED) is 0.676.